The van der Waals surface area contributed by atoms with Crippen LogP contribution in [0.2, 0.25) is 0 Å². The van der Waals surface area contributed by atoms with Crippen LogP contribution in [0.25, 0.3) is 5.69 Å². The molecule has 21 heavy (non-hydrogen) atoms. The van der Waals surface area contributed by atoms with Gasteiger partial charge in [-0.1, -0.05) is 12.1 Å². The Bertz CT molecular complexity index is 578. The topological polar surface area (TPSA) is 41.3 Å². The van der Waals surface area contributed by atoms with E-state index >= 15 is 0 Å². The van der Waals surface area contributed by atoms with Gasteiger partial charge in [-0.2, -0.15) is 18.3 Å². The third-order valence-electron chi connectivity index (χ3n) is 3.01. The minimum atomic E-state index is -4.43. The van der Waals surface area contributed by atoms with Gasteiger partial charge in [0.05, 0.1) is 12.3 Å². The molecule has 0 aliphatic carbocycles. The second-order valence-corrected chi connectivity index (χ2v) is 4.77. The third kappa shape index (κ3) is 4.05. The lowest BCUT2D eigenvalue weighted by Gasteiger charge is -2.15. The van der Waals surface area contributed by atoms with Gasteiger partial charge in [0.15, 0.2) is 5.69 Å². The van der Waals surface area contributed by atoms with E-state index < -0.39 is 11.9 Å². The molecule has 114 valence electrons. The second-order valence-electron chi connectivity index (χ2n) is 4.77. The molecule has 0 saturated heterocycles. The molecule has 1 N–H and O–H groups in total. The van der Waals surface area contributed by atoms with Gasteiger partial charge in [-0.05, 0) is 30.8 Å². The molecule has 0 bridgehead atoms. The number of hydrogen-bond donors (Lipinski definition) is 1. The molecule has 0 fully saturated rings. The first kappa shape index (κ1) is 15.5. The molecule has 1 aromatic heterocycles. The molecule has 2 aromatic rings. The molecular formula is C14H16F3N3O. The number of aliphatic hydroxyl groups is 1. The average molecular weight is 299 g/mol. The van der Waals surface area contributed by atoms with Crippen molar-refractivity contribution in [2.45, 2.75) is 12.7 Å². The van der Waals surface area contributed by atoms with E-state index in [9.17, 15) is 13.2 Å². The maximum Gasteiger partial charge on any atom is 0.435 e. The quantitative estimate of drug-likeness (QED) is 0.921. The van der Waals surface area contributed by atoms with Crippen LogP contribution in [0.4, 0.5) is 13.2 Å². The highest BCUT2D eigenvalue weighted by molar-refractivity contribution is 5.34. The van der Waals surface area contributed by atoms with Crippen LogP contribution in [0.3, 0.4) is 0 Å². The molecule has 1 heterocycles. The molecule has 0 spiro atoms. The zero-order valence-electron chi connectivity index (χ0n) is 11.5. The Balaban J connectivity index is 2.10. The molecular weight excluding hydrogens is 283 g/mol. The van der Waals surface area contributed by atoms with E-state index in [-0.39, 0.29) is 6.61 Å². The van der Waals surface area contributed by atoms with E-state index in [1.807, 2.05) is 24.1 Å². The van der Waals surface area contributed by atoms with Gasteiger partial charge in [0.25, 0.3) is 0 Å². The number of hydrogen-bond acceptors (Lipinski definition) is 3. The Morgan fingerprint density at radius 3 is 2.38 bits per heavy atom. The van der Waals surface area contributed by atoms with Crippen LogP contribution in [0.1, 0.15) is 11.3 Å². The van der Waals surface area contributed by atoms with Crippen molar-refractivity contribution < 1.29 is 18.3 Å². The molecule has 0 aliphatic heterocycles. The van der Waals surface area contributed by atoms with Crippen molar-refractivity contribution in [1.82, 2.24) is 14.7 Å². The zero-order valence-corrected chi connectivity index (χ0v) is 11.5. The normalized spacial score (nSPS) is 12.1. The maximum atomic E-state index is 12.5. The fourth-order valence-corrected chi connectivity index (χ4v) is 1.93. The lowest BCUT2D eigenvalue weighted by atomic mass is 10.2. The number of benzene rings is 1. The third-order valence-corrected chi connectivity index (χ3v) is 3.01. The van der Waals surface area contributed by atoms with Crippen LogP contribution in [0.15, 0.2) is 36.5 Å². The second kappa shape index (κ2) is 6.28. The van der Waals surface area contributed by atoms with E-state index in [0.717, 1.165) is 11.6 Å². The summed E-state index contributed by atoms with van der Waals surface area (Å²) < 4.78 is 38.7. The zero-order chi connectivity index (χ0) is 15.5. The van der Waals surface area contributed by atoms with Crippen molar-refractivity contribution >= 4 is 0 Å². The first-order chi connectivity index (χ1) is 9.90. The van der Waals surface area contributed by atoms with Crippen molar-refractivity contribution in [3.8, 4) is 5.69 Å². The molecule has 4 nitrogen and oxygen atoms in total. The number of alkyl halides is 3. The first-order valence-corrected chi connectivity index (χ1v) is 6.42. The molecule has 0 unspecified atom stereocenters. The van der Waals surface area contributed by atoms with E-state index in [1.165, 1.54) is 10.9 Å². The van der Waals surface area contributed by atoms with Crippen LogP contribution >= 0.6 is 0 Å². The maximum absolute atomic E-state index is 12.5. The molecule has 0 saturated carbocycles. The minimum absolute atomic E-state index is 0.0854. The van der Waals surface area contributed by atoms with Crippen molar-refractivity contribution in [3.63, 3.8) is 0 Å². The van der Waals surface area contributed by atoms with Gasteiger partial charge in [-0.3, -0.25) is 4.90 Å². The summed E-state index contributed by atoms with van der Waals surface area (Å²) in [5.41, 5.74) is 0.672. The standard InChI is InChI=1S/C14H16F3N3O/c1-19(8-9-21)10-11-2-4-12(5-3-11)20-7-6-13(18-20)14(15,16)17/h2-7,21H,8-10H2,1H3. The SMILES string of the molecule is CN(CCO)Cc1ccc(-n2ccc(C(F)(F)F)n2)cc1. The number of aliphatic hydroxyl groups excluding tert-OH is 1. The summed E-state index contributed by atoms with van der Waals surface area (Å²) in [6, 6.07) is 8.05. The van der Waals surface area contributed by atoms with E-state index in [4.69, 9.17) is 5.11 Å². The molecule has 2 rings (SSSR count). The van der Waals surface area contributed by atoms with E-state index in [1.54, 1.807) is 12.1 Å². The highest BCUT2D eigenvalue weighted by Gasteiger charge is 2.33. The van der Waals surface area contributed by atoms with Crippen LogP contribution in [-0.2, 0) is 12.7 Å². The summed E-state index contributed by atoms with van der Waals surface area (Å²) in [7, 11) is 1.88. The Labute approximate surface area is 120 Å². The number of rotatable bonds is 5. The number of aromatic nitrogens is 2. The number of likely N-dealkylation sites (N-methyl/N-ethyl adjacent to an activating group) is 1. The fraction of sp³-hybridized carbons (Fsp3) is 0.357. The van der Waals surface area contributed by atoms with Crippen LogP contribution in [0.5, 0.6) is 0 Å². The Morgan fingerprint density at radius 1 is 1.19 bits per heavy atom. The molecule has 0 radical (unpaired) electrons. The van der Waals surface area contributed by atoms with E-state index in [2.05, 4.69) is 5.10 Å². The highest BCUT2D eigenvalue weighted by atomic mass is 19.4. The molecule has 0 atom stereocenters. The number of nitrogens with zero attached hydrogens (tertiary/aromatic N) is 3. The van der Waals surface area contributed by atoms with Crippen LogP contribution < -0.4 is 0 Å². The van der Waals surface area contributed by atoms with Gasteiger partial charge in [0, 0.05) is 19.3 Å². The minimum Gasteiger partial charge on any atom is -0.395 e. The lowest BCUT2D eigenvalue weighted by molar-refractivity contribution is -0.141. The Kier molecular flexibility index (Phi) is 4.64. The predicted octanol–water partition coefficient (Wildman–Crippen LogP) is 2.32. The fourth-order valence-electron chi connectivity index (χ4n) is 1.93. The molecule has 1 aromatic carbocycles. The Morgan fingerprint density at radius 2 is 1.86 bits per heavy atom. The van der Waals surface area contributed by atoms with E-state index in [0.29, 0.717) is 18.8 Å². The van der Waals surface area contributed by atoms with Gasteiger partial charge < -0.3 is 5.11 Å². The van der Waals surface area contributed by atoms with Crippen molar-refractivity contribution in [2.75, 3.05) is 20.2 Å². The van der Waals surface area contributed by atoms with Gasteiger partial charge in [-0.15, -0.1) is 0 Å². The van der Waals surface area contributed by atoms with Crippen molar-refractivity contribution in [3.05, 3.63) is 47.8 Å². The molecule has 0 aliphatic rings. The summed E-state index contributed by atoms with van der Waals surface area (Å²) in [6.07, 6.45) is -3.14. The van der Waals surface area contributed by atoms with Crippen molar-refractivity contribution in [2.24, 2.45) is 0 Å². The lowest BCUT2D eigenvalue weighted by Crippen LogP contribution is -2.21. The van der Waals surface area contributed by atoms with Crippen molar-refractivity contribution in [1.29, 1.82) is 0 Å². The average Bonchev–Trinajstić information content (AvgIpc) is 2.89. The first-order valence-electron chi connectivity index (χ1n) is 6.42. The monoisotopic (exact) mass is 299 g/mol. The number of halogens is 3. The van der Waals surface area contributed by atoms with Gasteiger partial charge in [0.1, 0.15) is 0 Å². The Hall–Kier alpha value is -1.86. The van der Waals surface area contributed by atoms with Gasteiger partial charge >= 0.3 is 6.18 Å². The highest BCUT2D eigenvalue weighted by Crippen LogP contribution is 2.27. The summed E-state index contributed by atoms with van der Waals surface area (Å²) in [5, 5.41) is 12.4. The predicted molar refractivity (Wildman–Crippen MR) is 72.0 cm³/mol. The summed E-state index contributed by atoms with van der Waals surface area (Å²) in [5.74, 6) is 0. The largest absolute Gasteiger partial charge is 0.435 e. The molecule has 7 heteroatoms. The smallest absolute Gasteiger partial charge is 0.395 e. The summed E-state index contributed by atoms with van der Waals surface area (Å²) in [6.45, 7) is 1.31. The van der Waals surface area contributed by atoms with Crippen LogP contribution in [-0.4, -0.2) is 40.0 Å². The van der Waals surface area contributed by atoms with Crippen LogP contribution in [0, 0.1) is 0 Å². The van der Waals surface area contributed by atoms with Gasteiger partial charge in [-0.25, -0.2) is 4.68 Å². The molecule has 0 amide bonds. The summed E-state index contributed by atoms with van der Waals surface area (Å²) >= 11 is 0. The summed E-state index contributed by atoms with van der Waals surface area (Å²) in [4.78, 5) is 1.95. The van der Waals surface area contributed by atoms with Gasteiger partial charge in [0.2, 0.25) is 0 Å².